The van der Waals surface area contributed by atoms with Gasteiger partial charge in [-0.3, -0.25) is 10.1 Å². The molecule has 26 heavy (non-hydrogen) atoms. The highest BCUT2D eigenvalue weighted by molar-refractivity contribution is 7.22. The fraction of sp³-hybridized carbons (Fsp3) is 0.167. The number of methoxy groups -OCH3 is 1. The normalized spacial score (nSPS) is 11.8. The zero-order valence-corrected chi connectivity index (χ0v) is 15.4. The number of urea groups is 1. The second kappa shape index (κ2) is 8.16. The molecule has 0 spiro atoms. The lowest BCUT2D eigenvalue weighted by molar-refractivity contribution is -0.141. The molecule has 2 aromatic carbocycles. The molecule has 3 rings (SSSR count). The van der Waals surface area contributed by atoms with Crippen LogP contribution in [-0.4, -0.2) is 24.1 Å². The molecular formula is C18H16ClN3O3S. The summed E-state index contributed by atoms with van der Waals surface area (Å²) in [6.07, 6.45) is -0.0342. The third-order valence-corrected chi connectivity index (χ3v) is 4.99. The highest BCUT2D eigenvalue weighted by atomic mass is 35.5. The molecule has 0 aliphatic heterocycles. The summed E-state index contributed by atoms with van der Waals surface area (Å²) in [7, 11) is 1.30. The lowest BCUT2D eigenvalue weighted by atomic mass is 10.0. The van der Waals surface area contributed by atoms with Gasteiger partial charge < -0.3 is 10.1 Å². The summed E-state index contributed by atoms with van der Waals surface area (Å²) in [5, 5.41) is 6.40. The van der Waals surface area contributed by atoms with Crippen molar-refractivity contribution in [3.05, 3.63) is 59.1 Å². The van der Waals surface area contributed by atoms with Crippen LogP contribution >= 0.6 is 22.9 Å². The Kier molecular flexibility index (Phi) is 5.70. The van der Waals surface area contributed by atoms with Gasteiger partial charge in [-0.2, -0.15) is 0 Å². The van der Waals surface area contributed by atoms with Gasteiger partial charge in [0.15, 0.2) is 5.13 Å². The van der Waals surface area contributed by atoms with Crippen molar-refractivity contribution < 1.29 is 14.3 Å². The lowest BCUT2D eigenvalue weighted by Gasteiger charge is -2.19. The Morgan fingerprint density at radius 1 is 1.19 bits per heavy atom. The van der Waals surface area contributed by atoms with Crippen molar-refractivity contribution in [3.8, 4) is 0 Å². The zero-order chi connectivity index (χ0) is 18.5. The molecule has 0 saturated heterocycles. The minimum absolute atomic E-state index is 0.0342. The third-order valence-electron chi connectivity index (χ3n) is 3.70. The molecule has 0 aliphatic carbocycles. The summed E-state index contributed by atoms with van der Waals surface area (Å²) >= 11 is 7.58. The van der Waals surface area contributed by atoms with Crippen LogP contribution in [0.5, 0.6) is 0 Å². The number of amides is 2. The van der Waals surface area contributed by atoms with Gasteiger partial charge in [0.25, 0.3) is 0 Å². The van der Waals surface area contributed by atoms with Gasteiger partial charge in [0.05, 0.1) is 29.8 Å². The van der Waals surface area contributed by atoms with E-state index in [2.05, 4.69) is 15.6 Å². The number of carbonyl (C=O) groups is 2. The van der Waals surface area contributed by atoms with Crippen LogP contribution in [0.25, 0.3) is 10.2 Å². The van der Waals surface area contributed by atoms with Crippen molar-refractivity contribution >= 4 is 50.3 Å². The molecule has 6 nitrogen and oxygen atoms in total. The Morgan fingerprint density at radius 3 is 2.65 bits per heavy atom. The van der Waals surface area contributed by atoms with E-state index in [1.54, 1.807) is 24.3 Å². The Hall–Kier alpha value is -2.64. The second-order valence-electron chi connectivity index (χ2n) is 5.44. The van der Waals surface area contributed by atoms with Crippen LogP contribution in [0, 0.1) is 0 Å². The van der Waals surface area contributed by atoms with Crippen LogP contribution in [-0.2, 0) is 9.53 Å². The standard InChI is InChI=1S/C18H16ClN3O3S/c1-25-16(23)10-14(11-6-2-3-7-12(11)19)20-17(24)22-18-21-13-8-4-5-9-15(13)26-18/h2-9,14H,10H2,1H3,(H2,20,21,22,24). The summed E-state index contributed by atoms with van der Waals surface area (Å²) in [6.45, 7) is 0. The minimum Gasteiger partial charge on any atom is -0.469 e. The molecule has 134 valence electrons. The first kappa shape index (κ1) is 18.2. The highest BCUT2D eigenvalue weighted by Crippen LogP contribution is 2.27. The molecule has 0 saturated carbocycles. The molecule has 1 atom stereocenters. The molecule has 0 radical (unpaired) electrons. The number of ether oxygens (including phenoxy) is 1. The SMILES string of the molecule is COC(=O)CC(NC(=O)Nc1nc2ccccc2s1)c1ccccc1Cl. The van der Waals surface area contributed by atoms with Crippen LogP contribution in [0.4, 0.5) is 9.93 Å². The van der Waals surface area contributed by atoms with Crippen molar-refractivity contribution in [1.29, 1.82) is 0 Å². The summed E-state index contributed by atoms with van der Waals surface area (Å²) in [5.41, 5.74) is 1.45. The summed E-state index contributed by atoms with van der Waals surface area (Å²) in [6, 6.07) is 13.5. The van der Waals surface area contributed by atoms with Gasteiger partial charge in [0, 0.05) is 5.02 Å². The maximum absolute atomic E-state index is 12.4. The van der Waals surface area contributed by atoms with Crippen LogP contribution in [0.1, 0.15) is 18.0 Å². The number of anilines is 1. The van der Waals surface area contributed by atoms with Crippen molar-refractivity contribution in [2.24, 2.45) is 0 Å². The predicted octanol–water partition coefficient (Wildman–Crippen LogP) is 4.38. The quantitative estimate of drug-likeness (QED) is 0.635. The van der Waals surface area contributed by atoms with Gasteiger partial charge in [-0.1, -0.05) is 53.3 Å². The van der Waals surface area contributed by atoms with Crippen LogP contribution < -0.4 is 10.6 Å². The first-order chi connectivity index (χ1) is 12.6. The Balaban J connectivity index is 1.76. The maximum atomic E-state index is 12.4. The molecular weight excluding hydrogens is 374 g/mol. The fourth-order valence-electron chi connectivity index (χ4n) is 2.46. The van der Waals surface area contributed by atoms with Crippen molar-refractivity contribution in [1.82, 2.24) is 10.3 Å². The number of carbonyl (C=O) groups excluding carboxylic acids is 2. The zero-order valence-electron chi connectivity index (χ0n) is 13.9. The van der Waals surface area contributed by atoms with Gasteiger partial charge in [0.2, 0.25) is 0 Å². The van der Waals surface area contributed by atoms with Crippen LogP contribution in [0.3, 0.4) is 0 Å². The smallest absolute Gasteiger partial charge is 0.321 e. The van der Waals surface area contributed by atoms with E-state index in [-0.39, 0.29) is 6.42 Å². The minimum atomic E-state index is -0.620. The number of halogens is 1. The third kappa shape index (κ3) is 4.30. The van der Waals surface area contributed by atoms with E-state index in [1.165, 1.54) is 18.4 Å². The Bertz CT molecular complexity index is 911. The molecule has 2 amide bonds. The molecule has 0 fully saturated rings. The number of hydrogen-bond donors (Lipinski definition) is 2. The van der Waals surface area contributed by atoms with E-state index in [4.69, 9.17) is 16.3 Å². The van der Waals surface area contributed by atoms with Gasteiger partial charge in [-0.15, -0.1) is 0 Å². The molecule has 8 heteroatoms. The van der Waals surface area contributed by atoms with Crippen molar-refractivity contribution in [2.75, 3.05) is 12.4 Å². The van der Waals surface area contributed by atoms with E-state index in [1.807, 2.05) is 24.3 Å². The largest absolute Gasteiger partial charge is 0.469 e. The lowest BCUT2D eigenvalue weighted by Crippen LogP contribution is -2.34. The summed E-state index contributed by atoms with van der Waals surface area (Å²) in [5.74, 6) is -0.449. The molecule has 3 aromatic rings. The number of para-hydroxylation sites is 1. The average Bonchev–Trinajstić information content (AvgIpc) is 3.03. The summed E-state index contributed by atoms with van der Waals surface area (Å²) in [4.78, 5) is 28.5. The number of fused-ring (bicyclic) bond motifs is 1. The molecule has 0 aliphatic rings. The number of esters is 1. The van der Waals surface area contributed by atoms with Crippen molar-refractivity contribution in [2.45, 2.75) is 12.5 Å². The van der Waals surface area contributed by atoms with E-state index in [0.717, 1.165) is 10.2 Å². The molecule has 1 unspecified atom stereocenters. The topological polar surface area (TPSA) is 80.3 Å². The van der Waals surface area contributed by atoms with E-state index in [0.29, 0.717) is 15.7 Å². The van der Waals surface area contributed by atoms with E-state index < -0.39 is 18.0 Å². The number of nitrogens with one attached hydrogen (secondary N) is 2. The van der Waals surface area contributed by atoms with Crippen molar-refractivity contribution in [3.63, 3.8) is 0 Å². The van der Waals surface area contributed by atoms with Gasteiger partial charge in [0.1, 0.15) is 0 Å². The molecule has 0 bridgehead atoms. The van der Waals surface area contributed by atoms with Crippen LogP contribution in [0.2, 0.25) is 5.02 Å². The number of nitrogens with zero attached hydrogens (tertiary/aromatic N) is 1. The van der Waals surface area contributed by atoms with E-state index >= 15 is 0 Å². The highest BCUT2D eigenvalue weighted by Gasteiger charge is 2.21. The second-order valence-corrected chi connectivity index (χ2v) is 6.88. The van der Waals surface area contributed by atoms with E-state index in [9.17, 15) is 9.59 Å². The first-order valence-electron chi connectivity index (χ1n) is 7.81. The molecule has 1 heterocycles. The Morgan fingerprint density at radius 2 is 1.92 bits per heavy atom. The molecule has 1 aromatic heterocycles. The van der Waals surface area contributed by atoms with Gasteiger partial charge in [-0.05, 0) is 23.8 Å². The number of hydrogen-bond acceptors (Lipinski definition) is 5. The van der Waals surface area contributed by atoms with Gasteiger partial charge in [-0.25, -0.2) is 9.78 Å². The van der Waals surface area contributed by atoms with Crippen LogP contribution in [0.15, 0.2) is 48.5 Å². The monoisotopic (exact) mass is 389 g/mol. The summed E-state index contributed by atoms with van der Waals surface area (Å²) < 4.78 is 5.69. The number of benzene rings is 2. The first-order valence-corrected chi connectivity index (χ1v) is 9.00. The average molecular weight is 390 g/mol. The number of aromatic nitrogens is 1. The number of thiazole rings is 1. The number of rotatable bonds is 5. The maximum Gasteiger partial charge on any atom is 0.321 e. The van der Waals surface area contributed by atoms with Gasteiger partial charge >= 0.3 is 12.0 Å². The fourth-order valence-corrected chi connectivity index (χ4v) is 3.59. The Labute approximate surface area is 159 Å². The predicted molar refractivity (Wildman–Crippen MR) is 103 cm³/mol. The molecule has 2 N–H and O–H groups in total.